The summed E-state index contributed by atoms with van der Waals surface area (Å²) in [6, 6.07) is 11.8. The Hall–Kier alpha value is -3.88. The quantitative estimate of drug-likeness (QED) is 0.375. The van der Waals surface area contributed by atoms with Crippen molar-refractivity contribution >= 4 is 23.7 Å². The molecule has 2 aromatic rings. The first-order valence-corrected chi connectivity index (χ1v) is 10.5. The van der Waals surface area contributed by atoms with Gasteiger partial charge in [-0.3, -0.25) is 20.3 Å². The number of rotatable bonds is 5. The molecule has 164 valence electrons. The fraction of sp³-hybridized carbons (Fsp3) is 0.304. The predicted molar refractivity (Wildman–Crippen MR) is 116 cm³/mol. The van der Waals surface area contributed by atoms with Crippen molar-refractivity contribution in [3.05, 3.63) is 64.7 Å². The van der Waals surface area contributed by atoms with Crippen LogP contribution in [0.1, 0.15) is 33.5 Å². The van der Waals surface area contributed by atoms with Crippen molar-refractivity contribution in [2.75, 3.05) is 26.7 Å². The van der Waals surface area contributed by atoms with E-state index in [0.717, 1.165) is 30.6 Å². The standard InChI is InChI=1S/C23H23N5O4/c1-32-17-8-5-15-12-28(20(29)18(15)11-17)13-23(21(30)25-22(31)26-23)16-6-3-14(4-7-16)19(24)27-9-2-10-27/h3-8,11,24H,2,9-10,12-13H2,1H3,(H2,25,26,30,31)/t23-/m0/s1. The lowest BCUT2D eigenvalue weighted by molar-refractivity contribution is -0.124. The van der Waals surface area contributed by atoms with Gasteiger partial charge >= 0.3 is 6.03 Å². The van der Waals surface area contributed by atoms with Gasteiger partial charge in [-0.2, -0.15) is 0 Å². The second kappa shape index (κ2) is 7.37. The van der Waals surface area contributed by atoms with Gasteiger partial charge in [0, 0.05) is 30.8 Å². The van der Waals surface area contributed by atoms with E-state index in [1.165, 1.54) is 7.11 Å². The molecule has 3 aliphatic heterocycles. The van der Waals surface area contributed by atoms with Crippen LogP contribution in [-0.2, 0) is 16.9 Å². The number of urea groups is 1. The number of fused-ring (bicyclic) bond motifs is 1. The van der Waals surface area contributed by atoms with E-state index in [1.54, 1.807) is 41.3 Å². The number of ether oxygens (including phenoxy) is 1. The number of carbonyl (C=O) groups excluding carboxylic acids is 3. The zero-order valence-electron chi connectivity index (χ0n) is 17.6. The molecule has 3 aliphatic rings. The van der Waals surface area contributed by atoms with Crippen molar-refractivity contribution in [2.45, 2.75) is 18.5 Å². The first-order valence-electron chi connectivity index (χ1n) is 10.5. The van der Waals surface area contributed by atoms with Gasteiger partial charge in [0.2, 0.25) is 0 Å². The van der Waals surface area contributed by atoms with E-state index < -0.39 is 17.5 Å². The summed E-state index contributed by atoms with van der Waals surface area (Å²) in [5, 5.41) is 13.4. The van der Waals surface area contributed by atoms with E-state index in [4.69, 9.17) is 10.1 Å². The number of amidine groups is 1. The van der Waals surface area contributed by atoms with Gasteiger partial charge in [-0.1, -0.05) is 30.3 Å². The van der Waals surface area contributed by atoms with Crippen LogP contribution in [0.4, 0.5) is 4.79 Å². The second-order valence-corrected chi connectivity index (χ2v) is 8.26. The molecule has 2 fully saturated rings. The van der Waals surface area contributed by atoms with Crippen LogP contribution in [0.2, 0.25) is 0 Å². The SMILES string of the molecule is COc1ccc2c(c1)C(=O)N(C[C@@]1(c3ccc(C(=N)N4CCC4)cc3)NC(=O)NC1=O)C2. The fourth-order valence-corrected chi connectivity index (χ4v) is 4.41. The van der Waals surface area contributed by atoms with Gasteiger partial charge in [-0.05, 0) is 29.7 Å². The highest BCUT2D eigenvalue weighted by Crippen LogP contribution is 2.32. The Morgan fingerprint density at radius 3 is 2.47 bits per heavy atom. The third kappa shape index (κ3) is 3.08. The molecule has 32 heavy (non-hydrogen) atoms. The minimum atomic E-state index is -1.41. The summed E-state index contributed by atoms with van der Waals surface area (Å²) in [6.45, 7) is 2.06. The van der Waals surface area contributed by atoms with Crippen LogP contribution in [0.3, 0.4) is 0 Å². The largest absolute Gasteiger partial charge is 0.497 e. The highest BCUT2D eigenvalue weighted by molar-refractivity contribution is 6.08. The monoisotopic (exact) mass is 433 g/mol. The Balaban J connectivity index is 1.44. The first kappa shape index (κ1) is 20.0. The van der Waals surface area contributed by atoms with Crippen LogP contribution in [0, 0.1) is 5.41 Å². The van der Waals surface area contributed by atoms with Gasteiger partial charge in [0.15, 0.2) is 5.54 Å². The minimum absolute atomic E-state index is 0.0106. The van der Waals surface area contributed by atoms with Crippen molar-refractivity contribution in [1.29, 1.82) is 5.41 Å². The van der Waals surface area contributed by atoms with E-state index in [9.17, 15) is 14.4 Å². The van der Waals surface area contributed by atoms with Gasteiger partial charge in [0.1, 0.15) is 11.6 Å². The van der Waals surface area contributed by atoms with Crippen molar-refractivity contribution < 1.29 is 19.1 Å². The molecule has 0 saturated carbocycles. The molecule has 2 saturated heterocycles. The number of methoxy groups -OCH3 is 1. The van der Waals surface area contributed by atoms with E-state index in [0.29, 0.717) is 29.3 Å². The summed E-state index contributed by atoms with van der Waals surface area (Å²) in [5.74, 6) is 0.300. The van der Waals surface area contributed by atoms with Gasteiger partial charge < -0.3 is 19.9 Å². The van der Waals surface area contributed by atoms with E-state index in [2.05, 4.69) is 10.6 Å². The van der Waals surface area contributed by atoms with Gasteiger partial charge in [0.25, 0.3) is 11.8 Å². The van der Waals surface area contributed by atoms with Crippen LogP contribution in [0.5, 0.6) is 5.75 Å². The molecule has 0 aromatic heterocycles. The lowest BCUT2D eigenvalue weighted by atomic mass is 9.88. The molecule has 0 bridgehead atoms. The van der Waals surface area contributed by atoms with Crippen LogP contribution in [0.15, 0.2) is 42.5 Å². The van der Waals surface area contributed by atoms with Gasteiger partial charge in [-0.15, -0.1) is 0 Å². The normalized spacial score (nSPS) is 21.7. The van der Waals surface area contributed by atoms with E-state index in [1.807, 2.05) is 11.0 Å². The zero-order chi connectivity index (χ0) is 22.5. The van der Waals surface area contributed by atoms with Gasteiger partial charge in [-0.25, -0.2) is 4.79 Å². The number of hydrogen-bond acceptors (Lipinski definition) is 5. The maximum atomic E-state index is 13.1. The van der Waals surface area contributed by atoms with Crippen molar-refractivity contribution in [1.82, 2.24) is 20.4 Å². The third-order valence-corrected chi connectivity index (χ3v) is 6.39. The number of likely N-dealkylation sites (tertiary alicyclic amines) is 1. The van der Waals surface area contributed by atoms with Crippen LogP contribution < -0.4 is 15.4 Å². The maximum absolute atomic E-state index is 13.1. The van der Waals surface area contributed by atoms with E-state index >= 15 is 0 Å². The second-order valence-electron chi connectivity index (χ2n) is 8.26. The molecular weight excluding hydrogens is 410 g/mol. The number of benzene rings is 2. The Labute approximate surface area is 184 Å². The minimum Gasteiger partial charge on any atom is -0.497 e. The van der Waals surface area contributed by atoms with Crippen LogP contribution >= 0.6 is 0 Å². The molecule has 0 radical (unpaired) electrons. The summed E-state index contributed by atoms with van der Waals surface area (Å²) in [7, 11) is 1.54. The molecule has 3 N–H and O–H groups in total. The fourth-order valence-electron chi connectivity index (χ4n) is 4.41. The molecule has 9 heteroatoms. The lowest BCUT2D eigenvalue weighted by Crippen LogP contribution is -2.52. The zero-order valence-corrected chi connectivity index (χ0v) is 17.6. The summed E-state index contributed by atoms with van der Waals surface area (Å²) in [6.07, 6.45) is 1.08. The number of amides is 4. The molecule has 2 aromatic carbocycles. The third-order valence-electron chi connectivity index (χ3n) is 6.39. The average molecular weight is 433 g/mol. The number of nitrogens with one attached hydrogen (secondary N) is 3. The number of nitrogens with zero attached hydrogens (tertiary/aromatic N) is 2. The molecular formula is C23H23N5O4. The van der Waals surface area contributed by atoms with Crippen molar-refractivity contribution in [2.24, 2.45) is 0 Å². The molecule has 5 rings (SSSR count). The van der Waals surface area contributed by atoms with Gasteiger partial charge in [0.05, 0.1) is 13.7 Å². The summed E-state index contributed by atoms with van der Waals surface area (Å²) in [4.78, 5) is 41.7. The van der Waals surface area contributed by atoms with Crippen molar-refractivity contribution in [3.63, 3.8) is 0 Å². The lowest BCUT2D eigenvalue weighted by Gasteiger charge is -2.34. The molecule has 0 aliphatic carbocycles. The Morgan fingerprint density at radius 2 is 1.88 bits per heavy atom. The first-order chi connectivity index (χ1) is 15.4. The summed E-state index contributed by atoms with van der Waals surface area (Å²) < 4.78 is 5.22. The topological polar surface area (TPSA) is 115 Å². The Morgan fingerprint density at radius 1 is 1.12 bits per heavy atom. The molecule has 0 unspecified atom stereocenters. The average Bonchev–Trinajstić information content (AvgIpc) is 3.22. The van der Waals surface area contributed by atoms with Crippen molar-refractivity contribution in [3.8, 4) is 5.75 Å². The molecule has 4 amide bonds. The maximum Gasteiger partial charge on any atom is 0.322 e. The van der Waals surface area contributed by atoms with E-state index in [-0.39, 0.29) is 12.5 Å². The number of imide groups is 1. The predicted octanol–water partition coefficient (Wildman–Crippen LogP) is 1.42. The highest BCUT2D eigenvalue weighted by Gasteiger charge is 2.50. The number of hydrogen-bond donors (Lipinski definition) is 3. The number of carbonyl (C=O) groups is 3. The molecule has 0 spiro atoms. The summed E-state index contributed by atoms with van der Waals surface area (Å²) in [5.41, 5.74) is 1.26. The summed E-state index contributed by atoms with van der Waals surface area (Å²) >= 11 is 0. The molecule has 3 heterocycles. The van der Waals surface area contributed by atoms with Crippen LogP contribution in [-0.4, -0.2) is 60.2 Å². The Kier molecular flexibility index (Phi) is 4.61. The Bertz CT molecular complexity index is 1140. The smallest absolute Gasteiger partial charge is 0.322 e. The molecule has 9 nitrogen and oxygen atoms in total. The van der Waals surface area contributed by atoms with Crippen LogP contribution in [0.25, 0.3) is 0 Å². The highest BCUT2D eigenvalue weighted by atomic mass is 16.5. The molecule has 1 atom stereocenters.